The zero-order valence-electron chi connectivity index (χ0n) is 16.6. The molecule has 1 saturated carbocycles. The first kappa shape index (κ1) is 20.2. The Morgan fingerprint density at radius 3 is 2.14 bits per heavy atom. The third kappa shape index (κ3) is 4.82. The number of carbonyl (C=O) groups excluding carboxylic acids is 3. The zero-order chi connectivity index (χ0) is 20.0. The van der Waals surface area contributed by atoms with Gasteiger partial charge in [0.15, 0.2) is 0 Å². The number of rotatable bonds is 4. The largest absolute Gasteiger partial charge is 0.339 e. The minimum Gasteiger partial charge on any atom is -0.339 e. The Morgan fingerprint density at radius 2 is 1.54 bits per heavy atom. The van der Waals surface area contributed by atoms with E-state index in [0.29, 0.717) is 45.6 Å². The molecule has 3 rings (SSSR count). The fourth-order valence-corrected chi connectivity index (χ4v) is 4.11. The molecule has 7 nitrogen and oxygen atoms in total. The van der Waals surface area contributed by atoms with Crippen LogP contribution in [0.25, 0.3) is 0 Å². The zero-order valence-corrected chi connectivity index (χ0v) is 16.6. The van der Waals surface area contributed by atoms with Crippen LogP contribution in [-0.4, -0.2) is 59.4 Å². The van der Waals surface area contributed by atoms with Gasteiger partial charge in [0, 0.05) is 39.6 Å². The molecule has 1 aliphatic carbocycles. The highest BCUT2D eigenvalue weighted by atomic mass is 16.2. The molecule has 2 N–H and O–H groups in total. The van der Waals surface area contributed by atoms with Gasteiger partial charge in [-0.2, -0.15) is 0 Å². The highest BCUT2D eigenvalue weighted by Gasteiger charge is 2.44. The number of nitrogens with zero attached hydrogens (tertiary/aromatic N) is 2. The normalized spacial score (nSPS) is 19.0. The van der Waals surface area contributed by atoms with Gasteiger partial charge < -0.3 is 20.4 Å². The molecule has 0 unspecified atom stereocenters. The summed E-state index contributed by atoms with van der Waals surface area (Å²) in [6, 6.07) is 9.41. The summed E-state index contributed by atoms with van der Waals surface area (Å²) in [5.74, 6) is 0.0307. The lowest BCUT2D eigenvalue weighted by atomic mass is 9.80. The molecular formula is C21H30N4O3. The predicted octanol–water partition coefficient (Wildman–Crippen LogP) is 1.88. The van der Waals surface area contributed by atoms with Crippen LogP contribution in [0.15, 0.2) is 30.3 Å². The number of benzene rings is 1. The second kappa shape index (κ2) is 9.08. The van der Waals surface area contributed by atoms with E-state index in [4.69, 9.17) is 0 Å². The number of amides is 4. The molecule has 0 bridgehead atoms. The first-order valence-corrected chi connectivity index (χ1v) is 10.1. The summed E-state index contributed by atoms with van der Waals surface area (Å²) in [7, 11) is 0. The third-order valence-electron chi connectivity index (χ3n) is 5.78. The summed E-state index contributed by atoms with van der Waals surface area (Å²) in [4.78, 5) is 41.0. The summed E-state index contributed by atoms with van der Waals surface area (Å²) in [5.41, 5.74) is 0.180. The lowest BCUT2D eigenvalue weighted by molar-refractivity contribution is -0.144. The molecule has 1 saturated heterocycles. The van der Waals surface area contributed by atoms with Gasteiger partial charge in [-0.3, -0.25) is 9.59 Å². The topological polar surface area (TPSA) is 81.8 Å². The van der Waals surface area contributed by atoms with Crippen LogP contribution in [0, 0.1) is 0 Å². The number of hydrogen-bond donors (Lipinski definition) is 2. The summed E-state index contributed by atoms with van der Waals surface area (Å²) in [6.07, 6.45) is 4.27. The number of hydrogen-bond acceptors (Lipinski definition) is 3. The van der Waals surface area contributed by atoms with Gasteiger partial charge in [0.2, 0.25) is 11.8 Å². The van der Waals surface area contributed by atoms with E-state index in [1.807, 2.05) is 35.2 Å². The van der Waals surface area contributed by atoms with Gasteiger partial charge in [-0.25, -0.2) is 4.79 Å². The first-order valence-electron chi connectivity index (χ1n) is 10.1. The maximum atomic E-state index is 13.3. The quantitative estimate of drug-likeness (QED) is 0.829. The minimum atomic E-state index is -0.836. The van der Waals surface area contributed by atoms with E-state index in [1.165, 1.54) is 0 Å². The number of nitrogens with one attached hydrogen (secondary N) is 2. The molecule has 1 aromatic rings. The first-order chi connectivity index (χ1) is 13.5. The smallest absolute Gasteiger partial charge is 0.315 e. The Hall–Kier alpha value is -2.57. The van der Waals surface area contributed by atoms with Crippen LogP contribution in [0.4, 0.5) is 4.79 Å². The van der Waals surface area contributed by atoms with Crippen molar-refractivity contribution in [2.45, 2.75) is 51.1 Å². The molecule has 0 radical (unpaired) electrons. The summed E-state index contributed by atoms with van der Waals surface area (Å²) in [5, 5.41) is 5.89. The van der Waals surface area contributed by atoms with Crippen LogP contribution < -0.4 is 10.6 Å². The predicted molar refractivity (Wildman–Crippen MR) is 106 cm³/mol. The maximum absolute atomic E-state index is 13.3. The van der Waals surface area contributed by atoms with Crippen LogP contribution in [0.3, 0.4) is 0 Å². The summed E-state index contributed by atoms with van der Waals surface area (Å²) in [6.45, 7) is 4.13. The van der Waals surface area contributed by atoms with Gasteiger partial charge in [0.25, 0.3) is 0 Å². The lowest BCUT2D eigenvalue weighted by Gasteiger charge is -2.43. The summed E-state index contributed by atoms with van der Waals surface area (Å²) < 4.78 is 0. The van der Waals surface area contributed by atoms with Gasteiger partial charge in [-0.15, -0.1) is 0 Å². The molecule has 1 aromatic carbocycles. The van der Waals surface area contributed by atoms with E-state index in [2.05, 4.69) is 10.6 Å². The number of carbonyl (C=O) groups is 3. The molecule has 0 spiro atoms. The minimum absolute atomic E-state index is 0.00902. The monoisotopic (exact) mass is 386 g/mol. The fourth-order valence-electron chi connectivity index (χ4n) is 4.11. The van der Waals surface area contributed by atoms with Crippen LogP contribution in [0.1, 0.15) is 44.6 Å². The van der Waals surface area contributed by atoms with Crippen molar-refractivity contribution in [1.82, 2.24) is 20.4 Å². The molecule has 7 heteroatoms. The molecule has 1 aliphatic heterocycles. The van der Waals surface area contributed by atoms with E-state index in [-0.39, 0.29) is 17.8 Å². The molecule has 152 valence electrons. The van der Waals surface area contributed by atoms with Crippen molar-refractivity contribution < 1.29 is 14.4 Å². The van der Waals surface area contributed by atoms with Crippen molar-refractivity contribution in [2.24, 2.45) is 0 Å². The Labute approximate surface area is 166 Å². The van der Waals surface area contributed by atoms with Crippen molar-refractivity contribution in [3.63, 3.8) is 0 Å². The van der Waals surface area contributed by atoms with Crippen LogP contribution in [-0.2, 0) is 16.1 Å². The van der Waals surface area contributed by atoms with Gasteiger partial charge in [-0.1, -0.05) is 49.6 Å². The molecule has 4 amide bonds. The van der Waals surface area contributed by atoms with Gasteiger partial charge in [-0.05, 0) is 18.4 Å². The van der Waals surface area contributed by atoms with Crippen molar-refractivity contribution in [3.8, 4) is 0 Å². The Bertz CT molecular complexity index is 693. The lowest BCUT2D eigenvalue weighted by Crippen LogP contribution is -2.64. The van der Waals surface area contributed by atoms with E-state index in [1.54, 1.807) is 11.8 Å². The maximum Gasteiger partial charge on any atom is 0.315 e. The fraction of sp³-hybridized carbons (Fsp3) is 0.571. The Kier molecular flexibility index (Phi) is 6.54. The van der Waals surface area contributed by atoms with Crippen molar-refractivity contribution >= 4 is 17.8 Å². The average molecular weight is 386 g/mol. The second-order valence-corrected chi connectivity index (χ2v) is 7.73. The molecule has 0 aromatic heterocycles. The molecule has 2 aliphatic rings. The van der Waals surface area contributed by atoms with Crippen LogP contribution in [0.5, 0.6) is 0 Å². The summed E-state index contributed by atoms with van der Waals surface area (Å²) >= 11 is 0. The molecule has 28 heavy (non-hydrogen) atoms. The standard InChI is InChI=1S/C21H30N4O3/c1-17(26)24-12-14-25(15-13-24)19(27)21(10-6-3-7-11-21)23-20(28)22-16-18-8-4-2-5-9-18/h2,4-5,8-9H,3,6-7,10-16H2,1H3,(H2,22,23,28). The van der Waals surface area contributed by atoms with Gasteiger partial charge in [0.05, 0.1) is 0 Å². The highest BCUT2D eigenvalue weighted by Crippen LogP contribution is 2.30. The van der Waals surface area contributed by atoms with Crippen molar-refractivity contribution in [1.29, 1.82) is 0 Å². The highest BCUT2D eigenvalue weighted by molar-refractivity contribution is 5.91. The Morgan fingerprint density at radius 1 is 0.929 bits per heavy atom. The van der Waals surface area contributed by atoms with E-state index in [9.17, 15) is 14.4 Å². The molecule has 0 atom stereocenters. The van der Waals surface area contributed by atoms with Crippen molar-refractivity contribution in [3.05, 3.63) is 35.9 Å². The number of piperazine rings is 1. The second-order valence-electron chi connectivity index (χ2n) is 7.73. The van der Waals surface area contributed by atoms with Crippen molar-refractivity contribution in [2.75, 3.05) is 26.2 Å². The SMILES string of the molecule is CC(=O)N1CCN(C(=O)C2(NC(=O)NCc3ccccc3)CCCCC2)CC1. The number of urea groups is 1. The van der Waals surface area contributed by atoms with E-state index in [0.717, 1.165) is 24.8 Å². The molecule has 2 fully saturated rings. The molecule has 1 heterocycles. The van der Waals surface area contributed by atoms with Gasteiger partial charge >= 0.3 is 6.03 Å². The Balaban J connectivity index is 1.62. The molecular weight excluding hydrogens is 356 g/mol. The third-order valence-corrected chi connectivity index (χ3v) is 5.78. The average Bonchev–Trinajstić information content (AvgIpc) is 2.73. The van der Waals surface area contributed by atoms with Crippen LogP contribution in [0.2, 0.25) is 0 Å². The van der Waals surface area contributed by atoms with Crippen LogP contribution >= 0.6 is 0 Å². The van der Waals surface area contributed by atoms with Gasteiger partial charge in [0.1, 0.15) is 5.54 Å². The van der Waals surface area contributed by atoms with E-state index >= 15 is 0 Å². The van der Waals surface area contributed by atoms with E-state index < -0.39 is 5.54 Å².